The summed E-state index contributed by atoms with van der Waals surface area (Å²) in [6.07, 6.45) is 0. The van der Waals surface area contributed by atoms with Crippen LogP contribution in [-0.2, 0) is 22.3 Å². The van der Waals surface area contributed by atoms with E-state index in [1.807, 2.05) is 24.3 Å². The van der Waals surface area contributed by atoms with Crippen molar-refractivity contribution in [2.75, 3.05) is 7.05 Å². The molecule has 0 fully saturated rings. The highest BCUT2D eigenvalue weighted by Crippen LogP contribution is 2.16. The fraction of sp³-hybridized carbons (Fsp3) is 0.308. The van der Waals surface area contributed by atoms with Gasteiger partial charge in [-0.1, -0.05) is 33.2 Å². The van der Waals surface area contributed by atoms with Crippen molar-refractivity contribution in [1.82, 2.24) is 9.46 Å². The fourth-order valence-corrected chi connectivity index (χ4v) is 3.30. The number of hydrogen-bond donors (Lipinski definition) is 0. The molecule has 2 rings (SSSR count). The minimum absolute atomic E-state index is 0.158. The molecule has 0 spiro atoms. The van der Waals surface area contributed by atoms with Gasteiger partial charge in [0.2, 0.25) is 10.0 Å². The van der Waals surface area contributed by atoms with Gasteiger partial charge in [-0.05, 0) is 24.6 Å². The SMILES string of the molecule is Cc1cc(CS(=O)(=O)N(C)Cc2cccc(Br)c2)no1. The first-order valence-corrected chi connectivity index (χ1v) is 8.38. The molecule has 7 heteroatoms. The summed E-state index contributed by atoms with van der Waals surface area (Å²) in [5.74, 6) is 0.444. The van der Waals surface area contributed by atoms with Crippen molar-refractivity contribution in [3.63, 3.8) is 0 Å². The number of halogens is 1. The largest absolute Gasteiger partial charge is 0.361 e. The molecule has 0 radical (unpaired) electrons. The van der Waals surface area contributed by atoms with E-state index in [0.717, 1.165) is 10.0 Å². The van der Waals surface area contributed by atoms with Crippen LogP contribution in [0.5, 0.6) is 0 Å². The van der Waals surface area contributed by atoms with Crippen molar-refractivity contribution in [2.24, 2.45) is 0 Å². The second-order valence-electron chi connectivity index (χ2n) is 4.57. The van der Waals surface area contributed by atoms with E-state index in [1.165, 1.54) is 4.31 Å². The summed E-state index contributed by atoms with van der Waals surface area (Å²) in [7, 11) is -1.86. The van der Waals surface area contributed by atoms with Crippen molar-refractivity contribution < 1.29 is 12.9 Å². The number of rotatable bonds is 5. The summed E-state index contributed by atoms with van der Waals surface area (Å²) < 4.78 is 31.6. The Morgan fingerprint density at radius 3 is 2.70 bits per heavy atom. The number of nitrogens with zero attached hydrogens (tertiary/aromatic N) is 2. The van der Waals surface area contributed by atoms with Crippen LogP contribution in [0.25, 0.3) is 0 Å². The molecular formula is C13H15BrN2O3S. The summed E-state index contributed by atoms with van der Waals surface area (Å²) >= 11 is 3.37. The van der Waals surface area contributed by atoms with Crippen LogP contribution >= 0.6 is 15.9 Å². The molecule has 0 aliphatic rings. The maximum absolute atomic E-state index is 12.2. The van der Waals surface area contributed by atoms with Gasteiger partial charge >= 0.3 is 0 Å². The summed E-state index contributed by atoms with van der Waals surface area (Å²) in [6, 6.07) is 9.19. The van der Waals surface area contributed by atoms with Crippen molar-refractivity contribution in [3.8, 4) is 0 Å². The quantitative estimate of drug-likeness (QED) is 0.824. The van der Waals surface area contributed by atoms with E-state index < -0.39 is 10.0 Å². The lowest BCUT2D eigenvalue weighted by Gasteiger charge is -2.16. The predicted octanol–water partition coefficient (Wildman–Crippen LogP) is 2.71. The van der Waals surface area contributed by atoms with Gasteiger partial charge < -0.3 is 4.52 Å². The smallest absolute Gasteiger partial charge is 0.220 e. The molecule has 0 saturated heterocycles. The third-order valence-corrected chi connectivity index (χ3v) is 5.01. The third-order valence-electron chi connectivity index (χ3n) is 2.78. The Balaban J connectivity index is 2.09. The highest BCUT2D eigenvalue weighted by atomic mass is 79.9. The molecule has 20 heavy (non-hydrogen) atoms. The van der Waals surface area contributed by atoms with E-state index in [2.05, 4.69) is 21.1 Å². The number of aryl methyl sites for hydroxylation is 1. The lowest BCUT2D eigenvalue weighted by Crippen LogP contribution is -2.27. The molecule has 0 unspecified atom stereocenters. The molecule has 1 aromatic carbocycles. The Kier molecular flexibility index (Phi) is 4.62. The molecule has 5 nitrogen and oxygen atoms in total. The maximum Gasteiger partial charge on any atom is 0.220 e. The molecule has 108 valence electrons. The Bertz CT molecular complexity index is 697. The zero-order chi connectivity index (χ0) is 14.8. The van der Waals surface area contributed by atoms with Crippen LogP contribution < -0.4 is 0 Å². The monoisotopic (exact) mass is 358 g/mol. The van der Waals surface area contributed by atoms with Crippen LogP contribution in [0.15, 0.2) is 39.3 Å². The van der Waals surface area contributed by atoms with E-state index in [0.29, 0.717) is 18.0 Å². The number of aromatic nitrogens is 1. The van der Waals surface area contributed by atoms with Gasteiger partial charge in [-0.3, -0.25) is 0 Å². The molecule has 0 atom stereocenters. The van der Waals surface area contributed by atoms with Gasteiger partial charge in [0.15, 0.2) is 0 Å². The van der Waals surface area contributed by atoms with Gasteiger partial charge in [-0.2, -0.15) is 0 Å². The molecule has 2 aromatic rings. The predicted molar refractivity (Wildman–Crippen MR) is 79.5 cm³/mol. The topological polar surface area (TPSA) is 63.4 Å². The summed E-state index contributed by atoms with van der Waals surface area (Å²) in [6.45, 7) is 2.05. The summed E-state index contributed by atoms with van der Waals surface area (Å²) in [5, 5.41) is 3.72. The molecule has 0 aliphatic carbocycles. The van der Waals surface area contributed by atoms with Crippen LogP contribution in [0.1, 0.15) is 17.0 Å². The van der Waals surface area contributed by atoms with Crippen molar-refractivity contribution in [3.05, 3.63) is 51.8 Å². The second-order valence-corrected chi connectivity index (χ2v) is 7.56. The van der Waals surface area contributed by atoms with Gasteiger partial charge in [0.1, 0.15) is 17.2 Å². The molecule has 0 saturated carbocycles. The van der Waals surface area contributed by atoms with Gasteiger partial charge in [0.25, 0.3) is 0 Å². The van der Waals surface area contributed by atoms with Crippen molar-refractivity contribution in [1.29, 1.82) is 0 Å². The average Bonchev–Trinajstić information content (AvgIpc) is 2.74. The Labute approximate surface area is 126 Å². The van der Waals surface area contributed by atoms with Gasteiger partial charge in [-0.15, -0.1) is 0 Å². The summed E-state index contributed by atoms with van der Waals surface area (Å²) in [4.78, 5) is 0. The van der Waals surface area contributed by atoms with Crippen LogP contribution in [0.2, 0.25) is 0 Å². The van der Waals surface area contributed by atoms with Crippen LogP contribution in [-0.4, -0.2) is 24.9 Å². The van der Waals surface area contributed by atoms with Gasteiger partial charge in [0.05, 0.1) is 0 Å². The molecule has 1 aromatic heterocycles. The van der Waals surface area contributed by atoms with E-state index in [-0.39, 0.29) is 5.75 Å². The standard InChI is InChI=1S/C13H15BrN2O3S/c1-10-6-13(15-19-10)9-20(17,18)16(2)8-11-4-3-5-12(14)7-11/h3-7H,8-9H2,1-2H3. The minimum Gasteiger partial charge on any atom is -0.361 e. The zero-order valence-corrected chi connectivity index (χ0v) is 13.6. The summed E-state index contributed by atoms with van der Waals surface area (Å²) in [5.41, 5.74) is 1.34. The third kappa shape index (κ3) is 3.91. The minimum atomic E-state index is -3.42. The average molecular weight is 359 g/mol. The van der Waals surface area contributed by atoms with E-state index in [1.54, 1.807) is 20.0 Å². The normalized spacial score (nSPS) is 12.0. The zero-order valence-electron chi connectivity index (χ0n) is 11.2. The molecule has 1 heterocycles. The first-order valence-electron chi connectivity index (χ1n) is 5.97. The highest BCUT2D eigenvalue weighted by Gasteiger charge is 2.20. The maximum atomic E-state index is 12.2. The fourth-order valence-electron chi connectivity index (χ4n) is 1.77. The second kappa shape index (κ2) is 6.07. The van der Waals surface area contributed by atoms with Gasteiger partial charge in [-0.25, -0.2) is 12.7 Å². The lowest BCUT2D eigenvalue weighted by atomic mass is 10.2. The highest BCUT2D eigenvalue weighted by molar-refractivity contribution is 9.10. The first kappa shape index (κ1) is 15.2. The van der Waals surface area contributed by atoms with Crippen LogP contribution in [0, 0.1) is 6.92 Å². The lowest BCUT2D eigenvalue weighted by molar-refractivity contribution is 0.391. The number of sulfonamides is 1. The van der Waals surface area contributed by atoms with Crippen molar-refractivity contribution >= 4 is 26.0 Å². The molecule has 0 N–H and O–H groups in total. The van der Waals surface area contributed by atoms with E-state index >= 15 is 0 Å². The number of hydrogen-bond acceptors (Lipinski definition) is 4. The Morgan fingerprint density at radius 1 is 1.35 bits per heavy atom. The molecule has 0 bridgehead atoms. The Morgan fingerprint density at radius 2 is 2.10 bits per heavy atom. The van der Waals surface area contributed by atoms with E-state index in [4.69, 9.17) is 4.52 Å². The molecule has 0 amide bonds. The Hall–Kier alpha value is -1.18. The van der Waals surface area contributed by atoms with Crippen molar-refractivity contribution in [2.45, 2.75) is 19.2 Å². The van der Waals surface area contributed by atoms with E-state index in [9.17, 15) is 8.42 Å². The first-order chi connectivity index (χ1) is 9.37. The van der Waals surface area contributed by atoms with Crippen LogP contribution in [0.3, 0.4) is 0 Å². The molecular weight excluding hydrogens is 344 g/mol. The molecule has 0 aliphatic heterocycles. The van der Waals surface area contributed by atoms with Crippen LogP contribution in [0.4, 0.5) is 0 Å². The number of benzene rings is 1. The van der Waals surface area contributed by atoms with Gasteiger partial charge in [0, 0.05) is 24.1 Å².